The molecule has 0 saturated heterocycles. The summed E-state index contributed by atoms with van der Waals surface area (Å²) in [6.45, 7) is 7.63. The highest BCUT2D eigenvalue weighted by Gasteiger charge is 2.10. The number of anilines is 1. The van der Waals surface area contributed by atoms with Crippen LogP contribution >= 0.6 is 0 Å². The molecule has 0 aliphatic carbocycles. The fraction of sp³-hybridized carbons (Fsp3) is 0.692. The number of aromatic nitrogens is 2. The van der Waals surface area contributed by atoms with Crippen LogP contribution in [0.5, 0.6) is 0 Å². The van der Waals surface area contributed by atoms with Gasteiger partial charge in [-0.3, -0.25) is 4.98 Å². The van der Waals surface area contributed by atoms with Gasteiger partial charge in [0.2, 0.25) is 0 Å². The first-order valence-corrected chi connectivity index (χ1v) is 6.36. The molecule has 0 unspecified atom stereocenters. The maximum Gasteiger partial charge on any atom is 0.147 e. The van der Waals surface area contributed by atoms with Crippen LogP contribution in [0.15, 0.2) is 12.4 Å². The molecule has 0 atom stereocenters. The van der Waals surface area contributed by atoms with Gasteiger partial charge in [0.25, 0.3) is 0 Å². The van der Waals surface area contributed by atoms with E-state index >= 15 is 0 Å². The van der Waals surface area contributed by atoms with Crippen molar-refractivity contribution >= 4 is 5.82 Å². The Balaban J connectivity index is 2.78. The Morgan fingerprint density at radius 2 is 2.17 bits per heavy atom. The molecule has 0 aromatic carbocycles. The van der Waals surface area contributed by atoms with Crippen LogP contribution in [0, 0.1) is 5.92 Å². The Hall–Kier alpha value is -1.20. The molecule has 0 aliphatic rings. The number of nitrogens with one attached hydrogen (secondary N) is 1. The molecule has 1 N–H and O–H groups in total. The Morgan fingerprint density at radius 3 is 2.78 bits per heavy atom. The zero-order valence-electron chi connectivity index (χ0n) is 11.8. The van der Waals surface area contributed by atoms with E-state index in [2.05, 4.69) is 34.0 Å². The minimum Gasteiger partial charge on any atom is -0.383 e. The summed E-state index contributed by atoms with van der Waals surface area (Å²) in [5.74, 6) is 1.50. The van der Waals surface area contributed by atoms with Crippen LogP contribution < -0.4 is 10.2 Å². The summed E-state index contributed by atoms with van der Waals surface area (Å²) >= 11 is 0. The maximum absolute atomic E-state index is 5.15. The van der Waals surface area contributed by atoms with E-state index in [0.29, 0.717) is 12.5 Å². The van der Waals surface area contributed by atoms with Crippen molar-refractivity contribution in [1.82, 2.24) is 15.3 Å². The minimum absolute atomic E-state index is 0.580. The summed E-state index contributed by atoms with van der Waals surface area (Å²) in [4.78, 5) is 11.1. The van der Waals surface area contributed by atoms with E-state index in [0.717, 1.165) is 31.1 Å². The summed E-state index contributed by atoms with van der Waals surface area (Å²) in [6.07, 6.45) is 3.61. The van der Waals surface area contributed by atoms with E-state index in [1.54, 1.807) is 13.3 Å². The topological polar surface area (TPSA) is 50.3 Å². The van der Waals surface area contributed by atoms with Crippen molar-refractivity contribution in [3.63, 3.8) is 0 Å². The van der Waals surface area contributed by atoms with E-state index in [-0.39, 0.29) is 0 Å². The van der Waals surface area contributed by atoms with Gasteiger partial charge in [0.15, 0.2) is 0 Å². The fourth-order valence-corrected chi connectivity index (χ4v) is 1.76. The Bertz CT molecular complexity index is 344. The van der Waals surface area contributed by atoms with Gasteiger partial charge in [0.1, 0.15) is 5.82 Å². The van der Waals surface area contributed by atoms with Gasteiger partial charge in [0.05, 0.1) is 18.5 Å². The molecule has 0 amide bonds. The lowest BCUT2D eigenvalue weighted by Gasteiger charge is -2.25. The van der Waals surface area contributed by atoms with Crippen molar-refractivity contribution in [2.45, 2.75) is 20.4 Å². The first-order valence-electron chi connectivity index (χ1n) is 6.36. The normalized spacial score (nSPS) is 10.9. The Kier molecular flexibility index (Phi) is 6.60. The Morgan fingerprint density at radius 1 is 1.39 bits per heavy atom. The van der Waals surface area contributed by atoms with Gasteiger partial charge < -0.3 is 15.0 Å². The van der Waals surface area contributed by atoms with Crippen molar-refractivity contribution in [2.75, 3.05) is 38.8 Å². The molecule has 18 heavy (non-hydrogen) atoms. The van der Waals surface area contributed by atoms with Crippen LogP contribution in [0.2, 0.25) is 0 Å². The van der Waals surface area contributed by atoms with E-state index in [9.17, 15) is 0 Å². The summed E-state index contributed by atoms with van der Waals surface area (Å²) in [5.41, 5.74) is 0.959. The second-order valence-electron chi connectivity index (χ2n) is 4.73. The van der Waals surface area contributed by atoms with Gasteiger partial charge in [-0.25, -0.2) is 4.98 Å². The van der Waals surface area contributed by atoms with E-state index in [1.165, 1.54) is 0 Å². The largest absolute Gasteiger partial charge is 0.383 e. The van der Waals surface area contributed by atoms with E-state index in [4.69, 9.17) is 4.74 Å². The summed E-state index contributed by atoms with van der Waals surface area (Å²) in [5, 5.41) is 3.09. The highest BCUT2D eigenvalue weighted by atomic mass is 16.5. The van der Waals surface area contributed by atoms with Crippen molar-refractivity contribution in [3.05, 3.63) is 18.1 Å². The van der Waals surface area contributed by atoms with E-state index in [1.807, 2.05) is 13.2 Å². The SMILES string of the molecule is CNCc1cncc(N(CCOC)CC(C)C)n1. The molecule has 5 nitrogen and oxygen atoms in total. The lowest BCUT2D eigenvalue weighted by Crippen LogP contribution is -2.32. The number of hydrogen-bond donors (Lipinski definition) is 1. The van der Waals surface area contributed by atoms with Crippen molar-refractivity contribution in [1.29, 1.82) is 0 Å². The molecule has 0 spiro atoms. The molecular weight excluding hydrogens is 228 g/mol. The average molecular weight is 252 g/mol. The van der Waals surface area contributed by atoms with Gasteiger partial charge in [-0.2, -0.15) is 0 Å². The standard InChI is InChI=1S/C13H24N4O/c1-11(2)10-17(5-6-18-4)13-9-15-8-12(16-13)7-14-3/h8-9,11,14H,5-7,10H2,1-4H3. The first-order chi connectivity index (χ1) is 8.67. The Labute approximate surface area is 110 Å². The smallest absolute Gasteiger partial charge is 0.147 e. The number of rotatable bonds is 8. The fourth-order valence-electron chi connectivity index (χ4n) is 1.76. The van der Waals surface area contributed by atoms with Gasteiger partial charge in [-0.1, -0.05) is 13.8 Å². The molecule has 1 aromatic heterocycles. The molecule has 5 heteroatoms. The van der Waals surface area contributed by atoms with Gasteiger partial charge in [0, 0.05) is 32.9 Å². The molecule has 1 rings (SSSR count). The zero-order chi connectivity index (χ0) is 13.4. The van der Waals surface area contributed by atoms with Gasteiger partial charge >= 0.3 is 0 Å². The number of methoxy groups -OCH3 is 1. The number of ether oxygens (including phenoxy) is 1. The van der Waals surface area contributed by atoms with Crippen LogP contribution in [0.4, 0.5) is 5.82 Å². The van der Waals surface area contributed by atoms with Crippen molar-refractivity contribution < 1.29 is 4.74 Å². The lowest BCUT2D eigenvalue weighted by molar-refractivity contribution is 0.204. The van der Waals surface area contributed by atoms with Crippen LogP contribution in [0.3, 0.4) is 0 Å². The molecule has 0 fully saturated rings. The maximum atomic E-state index is 5.15. The predicted octanol–water partition coefficient (Wildman–Crippen LogP) is 1.30. The third-order valence-electron chi connectivity index (χ3n) is 2.50. The third kappa shape index (κ3) is 4.98. The van der Waals surface area contributed by atoms with Crippen LogP contribution in [-0.2, 0) is 11.3 Å². The molecule has 1 aromatic rings. The first kappa shape index (κ1) is 14.9. The number of hydrogen-bond acceptors (Lipinski definition) is 5. The molecule has 0 bridgehead atoms. The molecule has 0 aliphatic heterocycles. The molecule has 102 valence electrons. The second kappa shape index (κ2) is 8.00. The average Bonchev–Trinajstić information content (AvgIpc) is 2.35. The van der Waals surface area contributed by atoms with Crippen LogP contribution in [-0.4, -0.2) is 43.8 Å². The molecule has 0 radical (unpaired) electrons. The van der Waals surface area contributed by atoms with Crippen LogP contribution in [0.25, 0.3) is 0 Å². The predicted molar refractivity (Wildman–Crippen MR) is 73.7 cm³/mol. The van der Waals surface area contributed by atoms with Gasteiger partial charge in [-0.05, 0) is 13.0 Å². The molecule has 0 saturated carbocycles. The zero-order valence-corrected chi connectivity index (χ0v) is 11.8. The van der Waals surface area contributed by atoms with Crippen molar-refractivity contribution in [3.8, 4) is 0 Å². The second-order valence-corrected chi connectivity index (χ2v) is 4.73. The molecular formula is C13H24N4O. The summed E-state index contributed by atoms with van der Waals surface area (Å²) in [7, 11) is 3.63. The summed E-state index contributed by atoms with van der Waals surface area (Å²) in [6, 6.07) is 0. The number of nitrogens with zero attached hydrogens (tertiary/aromatic N) is 3. The highest BCUT2D eigenvalue weighted by Crippen LogP contribution is 2.12. The lowest BCUT2D eigenvalue weighted by atomic mass is 10.2. The monoisotopic (exact) mass is 252 g/mol. The van der Waals surface area contributed by atoms with Crippen molar-refractivity contribution in [2.24, 2.45) is 5.92 Å². The minimum atomic E-state index is 0.580. The van der Waals surface area contributed by atoms with E-state index < -0.39 is 0 Å². The highest BCUT2D eigenvalue weighted by molar-refractivity contribution is 5.36. The quantitative estimate of drug-likeness (QED) is 0.756. The van der Waals surface area contributed by atoms with Gasteiger partial charge in [-0.15, -0.1) is 0 Å². The third-order valence-corrected chi connectivity index (χ3v) is 2.50. The summed E-state index contributed by atoms with van der Waals surface area (Å²) < 4.78 is 5.15. The molecule has 1 heterocycles. The van der Waals surface area contributed by atoms with Crippen LogP contribution in [0.1, 0.15) is 19.5 Å².